The lowest BCUT2D eigenvalue weighted by Crippen LogP contribution is -2.63. The van der Waals surface area contributed by atoms with E-state index >= 15 is 0 Å². The fraction of sp³-hybridized carbons (Fsp3) is 0.647. The van der Waals surface area contributed by atoms with Crippen LogP contribution in [0.4, 0.5) is 0 Å². The maximum atomic E-state index is 12.6. The summed E-state index contributed by atoms with van der Waals surface area (Å²) in [6.07, 6.45) is -23.6. The van der Waals surface area contributed by atoms with Gasteiger partial charge in [-0.3, -0.25) is 57.5 Å². The van der Waals surface area contributed by atoms with Crippen LogP contribution >= 0.6 is 0 Å². The van der Waals surface area contributed by atoms with Gasteiger partial charge in [0.15, 0.2) is 73.8 Å². The van der Waals surface area contributed by atoms with Gasteiger partial charge in [-0.05, 0) is 16.7 Å². The van der Waals surface area contributed by atoms with E-state index in [9.17, 15) is 57.5 Å². The van der Waals surface area contributed by atoms with E-state index in [0.29, 0.717) is 0 Å². The third kappa shape index (κ3) is 21.2. The van der Waals surface area contributed by atoms with Crippen LogP contribution in [0.25, 0.3) is 0 Å². The molecule has 3 saturated heterocycles. The molecular weight excluding hydrogens is 1090 g/mol. The lowest BCUT2D eigenvalue weighted by Gasteiger charge is -2.44. The maximum absolute atomic E-state index is 12.6. The summed E-state index contributed by atoms with van der Waals surface area (Å²) < 4.78 is 102. The Hall–Kier alpha value is -7.38. The van der Waals surface area contributed by atoms with Crippen molar-refractivity contribution in [3.05, 3.63) is 34.9 Å². The third-order valence-electron chi connectivity index (χ3n) is 11.2. The first-order valence-corrected chi connectivity index (χ1v) is 24.9. The minimum absolute atomic E-state index is 0.214. The number of ether oxygens (including phenoxy) is 18. The minimum atomic E-state index is -1.68. The van der Waals surface area contributed by atoms with Crippen LogP contribution in [-0.2, 0) is 163 Å². The van der Waals surface area contributed by atoms with Gasteiger partial charge in [-0.15, -0.1) is 0 Å². The van der Waals surface area contributed by atoms with Gasteiger partial charge in [-0.25, -0.2) is 0 Å². The lowest BCUT2D eigenvalue weighted by atomic mass is 9.98. The summed E-state index contributed by atoms with van der Waals surface area (Å²) in [4.78, 5) is 148. The van der Waals surface area contributed by atoms with Gasteiger partial charge in [0.25, 0.3) is 0 Å². The molecule has 0 bridgehead atoms. The Morgan fingerprint density at radius 2 is 0.469 bits per heavy atom. The molecule has 450 valence electrons. The van der Waals surface area contributed by atoms with Gasteiger partial charge >= 0.3 is 71.6 Å². The molecule has 0 amide bonds. The first-order chi connectivity index (χ1) is 38.0. The molecule has 3 aliphatic heterocycles. The number of carbonyl (C=O) groups is 12. The molecule has 4 rings (SSSR count). The van der Waals surface area contributed by atoms with Gasteiger partial charge in [0.1, 0.15) is 38.1 Å². The Kier molecular flexibility index (Phi) is 25.3. The second kappa shape index (κ2) is 31.0. The molecule has 0 saturated carbocycles. The van der Waals surface area contributed by atoms with Crippen molar-refractivity contribution in [1.29, 1.82) is 0 Å². The Labute approximate surface area is 463 Å². The van der Waals surface area contributed by atoms with Crippen molar-refractivity contribution in [1.82, 2.24) is 0 Å². The zero-order valence-corrected chi connectivity index (χ0v) is 46.4. The third-order valence-corrected chi connectivity index (χ3v) is 11.2. The predicted octanol–water partition coefficient (Wildman–Crippen LogP) is 0.486. The fourth-order valence-corrected chi connectivity index (χ4v) is 8.59. The van der Waals surface area contributed by atoms with E-state index in [0.717, 1.165) is 83.1 Å². The summed E-state index contributed by atoms with van der Waals surface area (Å²) in [5, 5.41) is 0. The highest BCUT2D eigenvalue weighted by Crippen LogP contribution is 2.34. The Morgan fingerprint density at radius 1 is 0.284 bits per heavy atom. The molecular formula is C51H66O30. The van der Waals surface area contributed by atoms with E-state index < -0.39 is 203 Å². The quantitative estimate of drug-likeness (QED) is 0.100. The van der Waals surface area contributed by atoms with Gasteiger partial charge in [-0.2, -0.15) is 0 Å². The van der Waals surface area contributed by atoms with Crippen LogP contribution in [0.3, 0.4) is 0 Å². The van der Waals surface area contributed by atoms with E-state index in [1.165, 1.54) is 18.2 Å². The van der Waals surface area contributed by atoms with Crippen molar-refractivity contribution < 1.29 is 143 Å². The smallest absolute Gasteiger partial charge is 0.303 e. The molecule has 3 aliphatic rings. The average Bonchev–Trinajstić information content (AvgIpc) is 3.50. The molecule has 15 atom stereocenters. The van der Waals surface area contributed by atoms with Crippen LogP contribution in [0.5, 0.6) is 0 Å². The van der Waals surface area contributed by atoms with Gasteiger partial charge in [0, 0.05) is 83.1 Å². The summed E-state index contributed by atoms with van der Waals surface area (Å²) >= 11 is 0. The van der Waals surface area contributed by atoms with Crippen LogP contribution in [0.2, 0.25) is 0 Å². The number of carbonyl (C=O) groups excluding carboxylic acids is 12. The first kappa shape index (κ1) is 66.1. The highest BCUT2D eigenvalue weighted by atomic mass is 16.8. The molecule has 81 heavy (non-hydrogen) atoms. The molecule has 1 aromatic carbocycles. The van der Waals surface area contributed by atoms with Crippen molar-refractivity contribution in [2.24, 2.45) is 0 Å². The molecule has 0 unspecified atom stereocenters. The predicted molar refractivity (Wildman–Crippen MR) is 257 cm³/mol. The second-order valence-electron chi connectivity index (χ2n) is 18.3. The number of hydrogen-bond acceptors (Lipinski definition) is 30. The van der Waals surface area contributed by atoms with Crippen molar-refractivity contribution >= 4 is 71.6 Å². The van der Waals surface area contributed by atoms with E-state index in [-0.39, 0.29) is 16.7 Å². The number of rotatable bonds is 24. The molecule has 0 aromatic heterocycles. The molecule has 3 heterocycles. The number of esters is 12. The van der Waals surface area contributed by atoms with Crippen molar-refractivity contribution in [3.8, 4) is 0 Å². The van der Waals surface area contributed by atoms with E-state index in [1.807, 2.05) is 0 Å². The molecule has 30 nitrogen and oxygen atoms in total. The Morgan fingerprint density at radius 3 is 0.654 bits per heavy atom. The molecule has 30 heteroatoms. The van der Waals surface area contributed by atoms with Crippen LogP contribution < -0.4 is 0 Å². The van der Waals surface area contributed by atoms with E-state index in [2.05, 4.69) is 0 Å². The van der Waals surface area contributed by atoms with Crippen LogP contribution in [-0.4, -0.2) is 184 Å². The van der Waals surface area contributed by atoms with Gasteiger partial charge < -0.3 is 85.3 Å². The van der Waals surface area contributed by atoms with Crippen LogP contribution in [0.1, 0.15) is 99.8 Å². The average molecular weight is 1160 g/mol. The normalized spacial score (nSPS) is 27.8. The van der Waals surface area contributed by atoms with Crippen molar-refractivity contribution in [2.45, 2.75) is 195 Å². The first-order valence-electron chi connectivity index (χ1n) is 24.9. The topological polar surface area (TPSA) is 371 Å². The van der Waals surface area contributed by atoms with Gasteiger partial charge in [-0.1, -0.05) is 18.2 Å². The SMILES string of the molecule is CC(=O)OC[C@H]1O[C@@H](OCc2cc(CO[C@@H]3O[C@H](COC(C)=O)[C@H](OC(C)=O)[C@H](OC(C)=O)[C@H]3OC(C)=O)cc(CO[C@@H]3O[C@H](COC(C)=O)[C@H](OC(C)=O)[C@H](OC(C)=O)[C@H]3OC(C)=O)c2)[C@H](OC(C)=O)[C@@H](OC(C)=O)[C@H]1OC(C)=O. The molecule has 3 fully saturated rings. The zero-order valence-electron chi connectivity index (χ0n) is 46.4. The molecule has 0 radical (unpaired) electrons. The zero-order chi connectivity index (χ0) is 60.4. The van der Waals surface area contributed by atoms with Gasteiger partial charge in [0.05, 0.1) is 19.8 Å². The lowest BCUT2D eigenvalue weighted by molar-refractivity contribution is -0.311. The van der Waals surface area contributed by atoms with Crippen LogP contribution in [0, 0.1) is 0 Å². The Balaban J connectivity index is 1.86. The van der Waals surface area contributed by atoms with Crippen molar-refractivity contribution in [2.75, 3.05) is 19.8 Å². The van der Waals surface area contributed by atoms with Gasteiger partial charge in [0.2, 0.25) is 0 Å². The Bertz CT molecular complexity index is 2180. The molecule has 0 aliphatic carbocycles. The van der Waals surface area contributed by atoms with E-state index in [4.69, 9.17) is 85.3 Å². The standard InChI is InChI=1S/C51H66O30/c1-22(52)64-19-37-40(70-25(4)55)43(73-28(7)58)46(76-31(10)61)49(79-37)67-16-34-13-35(17-68-50-47(77-32(11)62)44(74-29(8)59)41(71-26(5)56)38(80-50)20-65-23(2)53)15-36(14-34)18-69-51-48(78-33(12)63)45(75-30(9)60)42(72-27(6)57)39(81-51)21-66-24(3)54/h13-15,37-51H,16-21H2,1-12H3/t37-,38-,39-,40+,41+,42+,43+,44+,45+,46-,47-,48-,49-,50-,51-/m1/s1. The number of hydrogen-bond donors (Lipinski definition) is 0. The largest absolute Gasteiger partial charge is 0.463 e. The highest BCUT2D eigenvalue weighted by Gasteiger charge is 2.56. The van der Waals surface area contributed by atoms with Crippen molar-refractivity contribution in [3.63, 3.8) is 0 Å². The minimum Gasteiger partial charge on any atom is -0.463 e. The summed E-state index contributed by atoms with van der Waals surface area (Å²) in [6, 6.07) is 4.48. The monoisotopic (exact) mass is 1160 g/mol. The summed E-state index contributed by atoms with van der Waals surface area (Å²) in [5.74, 6) is -10.4. The summed E-state index contributed by atoms with van der Waals surface area (Å²) in [7, 11) is 0. The fourth-order valence-electron chi connectivity index (χ4n) is 8.59. The summed E-state index contributed by atoms with van der Waals surface area (Å²) in [5.41, 5.74) is 0.641. The van der Waals surface area contributed by atoms with E-state index in [1.54, 1.807) is 0 Å². The second-order valence-corrected chi connectivity index (χ2v) is 18.3. The van der Waals surface area contributed by atoms with Crippen LogP contribution in [0.15, 0.2) is 18.2 Å². The number of benzene rings is 1. The summed E-state index contributed by atoms with van der Waals surface area (Å²) in [6.45, 7) is 9.32. The molecule has 0 spiro atoms. The molecule has 1 aromatic rings. The molecule has 0 N–H and O–H groups in total. The highest BCUT2D eigenvalue weighted by molar-refractivity contribution is 5.71. The maximum Gasteiger partial charge on any atom is 0.303 e.